The molecule has 3 heterocycles. The molecule has 0 spiro atoms. The van der Waals surface area contributed by atoms with E-state index < -0.39 is 0 Å². The van der Waals surface area contributed by atoms with Gasteiger partial charge in [0.1, 0.15) is 4.60 Å². The maximum Gasteiger partial charge on any atom is 0.291 e. The molecule has 0 atom stereocenters. The Hall–Kier alpha value is -1.44. The van der Waals surface area contributed by atoms with Crippen molar-refractivity contribution < 1.29 is 4.79 Å². The first-order valence-electron chi connectivity index (χ1n) is 6.81. The van der Waals surface area contributed by atoms with E-state index in [1.807, 2.05) is 18.7 Å². The largest absolute Gasteiger partial charge is 0.327 e. The summed E-state index contributed by atoms with van der Waals surface area (Å²) in [6, 6.07) is 1.65. The van der Waals surface area contributed by atoms with Crippen molar-refractivity contribution in [3.8, 4) is 0 Å². The highest BCUT2D eigenvalue weighted by Gasteiger charge is 2.24. The van der Waals surface area contributed by atoms with Crippen LogP contribution in [0.4, 0.5) is 5.69 Å². The van der Waals surface area contributed by atoms with Crippen molar-refractivity contribution in [2.75, 3.05) is 18.9 Å². The molecule has 8 heteroatoms. The SMILES string of the molecule is CN1CCc2c(nc(C(=O)Nc3ccnc(Br)c3Cl)n2C)C1. The summed E-state index contributed by atoms with van der Waals surface area (Å²) in [7, 11) is 3.92. The summed E-state index contributed by atoms with van der Waals surface area (Å²) >= 11 is 9.37. The number of halogens is 2. The van der Waals surface area contributed by atoms with E-state index in [9.17, 15) is 4.79 Å². The van der Waals surface area contributed by atoms with Crippen molar-refractivity contribution in [2.24, 2.45) is 7.05 Å². The lowest BCUT2D eigenvalue weighted by Gasteiger charge is -2.21. The van der Waals surface area contributed by atoms with Gasteiger partial charge in [-0.1, -0.05) is 11.6 Å². The van der Waals surface area contributed by atoms with Gasteiger partial charge in [-0.05, 0) is 29.0 Å². The van der Waals surface area contributed by atoms with Crippen LogP contribution in [0.1, 0.15) is 22.0 Å². The second-order valence-electron chi connectivity index (χ2n) is 5.29. The van der Waals surface area contributed by atoms with Gasteiger partial charge in [0.25, 0.3) is 5.91 Å². The second-order valence-corrected chi connectivity index (χ2v) is 6.42. The summed E-state index contributed by atoms with van der Waals surface area (Å²) in [5.41, 5.74) is 2.58. The predicted octanol–water partition coefficient (Wildman–Crippen LogP) is 2.47. The maximum absolute atomic E-state index is 12.5. The number of aromatic nitrogens is 3. The lowest BCUT2D eigenvalue weighted by atomic mass is 10.1. The molecule has 6 nitrogen and oxygen atoms in total. The van der Waals surface area contributed by atoms with Crippen LogP contribution in [0.2, 0.25) is 5.02 Å². The van der Waals surface area contributed by atoms with Crippen molar-refractivity contribution in [1.82, 2.24) is 19.4 Å². The molecule has 0 aromatic carbocycles. The number of amides is 1. The number of anilines is 1. The summed E-state index contributed by atoms with van der Waals surface area (Å²) in [6.07, 6.45) is 2.47. The lowest BCUT2D eigenvalue weighted by Crippen LogP contribution is -2.27. The first-order chi connectivity index (χ1) is 10.5. The highest BCUT2D eigenvalue weighted by atomic mass is 79.9. The third kappa shape index (κ3) is 2.76. The van der Waals surface area contributed by atoms with E-state index in [1.54, 1.807) is 12.3 Å². The summed E-state index contributed by atoms with van der Waals surface area (Å²) in [5, 5.41) is 3.16. The average Bonchev–Trinajstić information content (AvgIpc) is 2.80. The topological polar surface area (TPSA) is 63.1 Å². The Bertz CT molecular complexity index is 745. The fourth-order valence-electron chi connectivity index (χ4n) is 2.55. The molecule has 116 valence electrons. The van der Waals surface area contributed by atoms with E-state index in [0.717, 1.165) is 30.9 Å². The number of likely N-dealkylation sites (N-methyl/N-ethyl adjacent to an activating group) is 1. The first kappa shape index (κ1) is 15.5. The van der Waals surface area contributed by atoms with Gasteiger partial charge in [-0.3, -0.25) is 4.79 Å². The van der Waals surface area contributed by atoms with Gasteiger partial charge in [-0.15, -0.1) is 0 Å². The van der Waals surface area contributed by atoms with Crippen LogP contribution in [0.25, 0.3) is 0 Å². The van der Waals surface area contributed by atoms with Crippen LogP contribution >= 0.6 is 27.5 Å². The molecule has 0 radical (unpaired) electrons. The van der Waals surface area contributed by atoms with Crippen molar-refractivity contribution in [3.05, 3.63) is 39.1 Å². The van der Waals surface area contributed by atoms with Crippen molar-refractivity contribution in [3.63, 3.8) is 0 Å². The summed E-state index contributed by atoms with van der Waals surface area (Å²) in [4.78, 5) is 23.2. The molecule has 1 amide bonds. The first-order valence-corrected chi connectivity index (χ1v) is 7.99. The fraction of sp³-hybridized carbons (Fsp3) is 0.357. The summed E-state index contributed by atoms with van der Waals surface area (Å²) in [5.74, 6) is 0.115. The molecule has 0 unspecified atom stereocenters. The number of hydrogen-bond donors (Lipinski definition) is 1. The monoisotopic (exact) mass is 383 g/mol. The van der Waals surface area contributed by atoms with Crippen LogP contribution in [0.15, 0.2) is 16.9 Å². The molecule has 1 aliphatic rings. The fourth-order valence-corrected chi connectivity index (χ4v) is 3.05. The van der Waals surface area contributed by atoms with Crippen LogP contribution in [0.3, 0.4) is 0 Å². The Morgan fingerprint density at radius 1 is 1.45 bits per heavy atom. The number of hydrogen-bond acceptors (Lipinski definition) is 4. The van der Waals surface area contributed by atoms with Crippen molar-refractivity contribution in [2.45, 2.75) is 13.0 Å². The number of carbonyl (C=O) groups excluding carboxylic acids is 1. The third-order valence-electron chi connectivity index (χ3n) is 3.74. The molecular weight excluding hydrogens is 370 g/mol. The Kier molecular flexibility index (Phi) is 4.20. The molecule has 2 aromatic rings. The van der Waals surface area contributed by atoms with Crippen molar-refractivity contribution in [1.29, 1.82) is 0 Å². The normalized spacial score (nSPS) is 14.7. The highest BCUT2D eigenvalue weighted by molar-refractivity contribution is 9.10. The molecule has 22 heavy (non-hydrogen) atoms. The van der Waals surface area contributed by atoms with Crippen LogP contribution in [0, 0.1) is 0 Å². The van der Waals surface area contributed by atoms with Crippen LogP contribution in [-0.2, 0) is 20.0 Å². The number of nitrogens with one attached hydrogen (secondary N) is 1. The molecule has 0 saturated heterocycles. The molecule has 0 fully saturated rings. The summed E-state index contributed by atoms with van der Waals surface area (Å²) in [6.45, 7) is 1.73. The van der Waals surface area contributed by atoms with Gasteiger partial charge in [0.05, 0.1) is 16.4 Å². The minimum atomic E-state index is -0.278. The maximum atomic E-state index is 12.5. The van der Waals surface area contributed by atoms with Gasteiger partial charge in [0, 0.05) is 38.4 Å². The van der Waals surface area contributed by atoms with Gasteiger partial charge >= 0.3 is 0 Å². The van der Waals surface area contributed by atoms with Gasteiger partial charge in [-0.2, -0.15) is 0 Å². The number of carbonyl (C=O) groups is 1. The number of nitrogens with zero attached hydrogens (tertiary/aromatic N) is 4. The van der Waals surface area contributed by atoms with Gasteiger partial charge < -0.3 is 14.8 Å². The van der Waals surface area contributed by atoms with Gasteiger partial charge in [0.15, 0.2) is 5.82 Å². The van der Waals surface area contributed by atoms with E-state index >= 15 is 0 Å². The van der Waals surface area contributed by atoms with Crippen LogP contribution < -0.4 is 5.32 Å². The number of fused-ring (bicyclic) bond motifs is 1. The van der Waals surface area contributed by atoms with Crippen LogP contribution in [0.5, 0.6) is 0 Å². The molecule has 2 aromatic heterocycles. The minimum absolute atomic E-state index is 0.278. The van der Waals surface area contributed by atoms with Crippen LogP contribution in [-0.4, -0.2) is 38.9 Å². The smallest absolute Gasteiger partial charge is 0.291 e. The molecule has 0 aliphatic carbocycles. The van der Waals surface area contributed by atoms with E-state index in [1.165, 1.54) is 0 Å². The van der Waals surface area contributed by atoms with E-state index in [4.69, 9.17) is 11.6 Å². The van der Waals surface area contributed by atoms with E-state index in [0.29, 0.717) is 21.1 Å². The van der Waals surface area contributed by atoms with Crippen molar-refractivity contribution >= 4 is 39.1 Å². The average molecular weight is 385 g/mol. The second kappa shape index (κ2) is 5.98. The Balaban J connectivity index is 1.88. The molecule has 0 bridgehead atoms. The standard InChI is InChI=1S/C14H15BrClN5O/c1-20-6-4-10-9(7-20)18-13(21(10)2)14(22)19-8-3-5-17-12(15)11(8)16/h3,5H,4,6-7H2,1-2H3,(H,17,19,22). The summed E-state index contributed by atoms with van der Waals surface area (Å²) < 4.78 is 2.36. The third-order valence-corrected chi connectivity index (χ3v) is 4.96. The molecule has 1 N–H and O–H groups in total. The zero-order valence-corrected chi connectivity index (χ0v) is 14.6. The number of imidazole rings is 1. The number of rotatable bonds is 2. The minimum Gasteiger partial charge on any atom is -0.327 e. The molecular formula is C14H15BrClN5O. The Morgan fingerprint density at radius 3 is 3.00 bits per heavy atom. The zero-order chi connectivity index (χ0) is 15.9. The van der Waals surface area contributed by atoms with E-state index in [2.05, 4.69) is 36.1 Å². The predicted molar refractivity (Wildman–Crippen MR) is 88.1 cm³/mol. The molecule has 0 saturated carbocycles. The molecule has 1 aliphatic heterocycles. The molecule has 3 rings (SSSR count). The number of pyridine rings is 1. The highest BCUT2D eigenvalue weighted by Crippen LogP contribution is 2.28. The van der Waals surface area contributed by atoms with Gasteiger partial charge in [0.2, 0.25) is 0 Å². The van der Waals surface area contributed by atoms with E-state index in [-0.39, 0.29) is 5.91 Å². The Morgan fingerprint density at radius 2 is 2.23 bits per heavy atom. The quantitative estimate of drug-likeness (QED) is 0.808. The Labute approximate surface area is 141 Å². The van der Waals surface area contributed by atoms with Gasteiger partial charge in [-0.25, -0.2) is 9.97 Å². The lowest BCUT2D eigenvalue weighted by molar-refractivity contribution is 0.101. The zero-order valence-electron chi connectivity index (χ0n) is 12.2.